The van der Waals surface area contributed by atoms with Gasteiger partial charge in [-0.05, 0) is 48.0 Å². The first kappa shape index (κ1) is 12.4. The summed E-state index contributed by atoms with van der Waals surface area (Å²) in [5, 5.41) is 6.31. The third-order valence-electron chi connectivity index (χ3n) is 3.35. The van der Waals surface area contributed by atoms with Crippen molar-refractivity contribution in [3.05, 3.63) is 34.0 Å². The first-order valence-electron chi connectivity index (χ1n) is 5.92. The van der Waals surface area contributed by atoms with Gasteiger partial charge in [-0.2, -0.15) is 0 Å². The van der Waals surface area contributed by atoms with Crippen molar-refractivity contribution in [3.8, 4) is 0 Å². The highest BCUT2D eigenvalue weighted by Crippen LogP contribution is 2.33. The van der Waals surface area contributed by atoms with E-state index in [1.807, 2.05) is 19.2 Å². The van der Waals surface area contributed by atoms with E-state index in [0.717, 1.165) is 24.2 Å². The number of carbonyl (C=O) groups is 1. The van der Waals surface area contributed by atoms with Crippen LogP contribution < -0.4 is 15.5 Å². The maximum absolute atomic E-state index is 11.6. The average molecular weight is 294 g/mol. The van der Waals surface area contributed by atoms with Crippen molar-refractivity contribution in [1.82, 2.24) is 10.6 Å². The van der Waals surface area contributed by atoms with Gasteiger partial charge in [-0.15, -0.1) is 0 Å². The number of benzene rings is 1. The molecule has 2 aliphatic rings. The molecule has 0 saturated carbocycles. The fraction of sp³-hybridized carbons (Fsp3) is 0.231. The zero-order valence-corrected chi connectivity index (χ0v) is 11.9. The Morgan fingerprint density at radius 1 is 1.42 bits per heavy atom. The van der Waals surface area contributed by atoms with E-state index in [9.17, 15) is 4.79 Å². The van der Waals surface area contributed by atoms with E-state index in [-0.39, 0.29) is 5.91 Å². The Kier molecular flexibility index (Phi) is 2.95. The molecule has 3 rings (SSSR count). The maximum Gasteiger partial charge on any atom is 0.273 e. The monoisotopic (exact) mass is 293 g/mol. The van der Waals surface area contributed by atoms with Gasteiger partial charge in [0.05, 0.1) is 0 Å². The quantitative estimate of drug-likeness (QED) is 0.611. The standard InChI is InChI=1S/C13H12ClN3OS/c1-17-3-2-7-4-8(9(14)6-11(7)17)5-10-12(18)16-13(19)15-10/h4-6H,2-3H2,1H3,(H2,15,16,18,19)/b10-5-. The summed E-state index contributed by atoms with van der Waals surface area (Å²) in [6.45, 7) is 0.995. The van der Waals surface area contributed by atoms with Gasteiger partial charge in [-0.1, -0.05) is 11.6 Å². The van der Waals surface area contributed by atoms with Gasteiger partial charge in [0.15, 0.2) is 5.11 Å². The Morgan fingerprint density at radius 3 is 2.89 bits per heavy atom. The van der Waals surface area contributed by atoms with Crippen molar-refractivity contribution >= 4 is 46.6 Å². The molecule has 2 heterocycles. The molecular formula is C13H12ClN3OS. The SMILES string of the molecule is CN1CCc2cc(/C=C3\NC(=S)NC3=O)c(Cl)cc21. The number of hydrogen-bond acceptors (Lipinski definition) is 3. The van der Waals surface area contributed by atoms with Crippen molar-refractivity contribution in [3.63, 3.8) is 0 Å². The number of anilines is 1. The highest BCUT2D eigenvalue weighted by atomic mass is 35.5. The molecule has 1 aromatic carbocycles. The zero-order valence-electron chi connectivity index (χ0n) is 10.3. The largest absolute Gasteiger partial charge is 0.374 e. The molecule has 0 aliphatic carbocycles. The van der Waals surface area contributed by atoms with Crippen LogP contribution in [0.15, 0.2) is 17.8 Å². The minimum Gasteiger partial charge on any atom is -0.374 e. The minimum absolute atomic E-state index is 0.223. The van der Waals surface area contributed by atoms with E-state index in [1.165, 1.54) is 5.56 Å². The van der Waals surface area contributed by atoms with Crippen LogP contribution in [-0.4, -0.2) is 24.6 Å². The lowest BCUT2D eigenvalue weighted by atomic mass is 10.1. The number of amides is 1. The normalized spacial score (nSPS) is 19.7. The third kappa shape index (κ3) is 2.19. The number of carbonyl (C=O) groups excluding carboxylic acids is 1. The first-order valence-corrected chi connectivity index (χ1v) is 6.71. The molecule has 0 aromatic heterocycles. The van der Waals surface area contributed by atoms with E-state index in [4.69, 9.17) is 23.8 Å². The second-order valence-corrected chi connectivity index (χ2v) is 5.46. The van der Waals surface area contributed by atoms with Crippen LogP contribution in [0.5, 0.6) is 0 Å². The number of hydrogen-bond donors (Lipinski definition) is 2. The molecular weight excluding hydrogens is 282 g/mol. The van der Waals surface area contributed by atoms with Gasteiger partial charge in [0.2, 0.25) is 0 Å². The summed E-state index contributed by atoms with van der Waals surface area (Å²) in [7, 11) is 2.05. The predicted molar refractivity (Wildman–Crippen MR) is 80.3 cm³/mol. The summed E-state index contributed by atoms with van der Waals surface area (Å²) in [5.41, 5.74) is 3.67. The van der Waals surface area contributed by atoms with E-state index in [0.29, 0.717) is 15.8 Å². The number of rotatable bonds is 1. The molecule has 0 spiro atoms. The van der Waals surface area contributed by atoms with Gasteiger partial charge in [-0.25, -0.2) is 0 Å². The van der Waals surface area contributed by atoms with Crippen molar-refractivity contribution in [1.29, 1.82) is 0 Å². The first-order chi connectivity index (χ1) is 9.04. The molecule has 0 unspecified atom stereocenters. The van der Waals surface area contributed by atoms with Crippen molar-refractivity contribution < 1.29 is 4.79 Å². The summed E-state index contributed by atoms with van der Waals surface area (Å²) in [4.78, 5) is 13.8. The molecule has 1 saturated heterocycles. The van der Waals surface area contributed by atoms with Crippen LogP contribution in [0.2, 0.25) is 5.02 Å². The van der Waals surface area contributed by atoms with E-state index in [2.05, 4.69) is 15.5 Å². The number of fused-ring (bicyclic) bond motifs is 1. The zero-order chi connectivity index (χ0) is 13.6. The molecule has 1 fully saturated rings. The molecule has 2 aliphatic heterocycles. The Balaban J connectivity index is 2.01. The average Bonchev–Trinajstić information content (AvgIpc) is 2.85. The summed E-state index contributed by atoms with van der Waals surface area (Å²) >= 11 is 11.2. The van der Waals surface area contributed by atoms with Crippen molar-refractivity contribution in [2.45, 2.75) is 6.42 Å². The van der Waals surface area contributed by atoms with Crippen molar-refractivity contribution in [2.75, 3.05) is 18.5 Å². The molecule has 0 radical (unpaired) electrons. The predicted octanol–water partition coefficient (Wildman–Crippen LogP) is 1.68. The summed E-state index contributed by atoms with van der Waals surface area (Å²) in [5.74, 6) is -0.223. The van der Waals surface area contributed by atoms with Gasteiger partial charge in [0, 0.05) is 24.3 Å². The van der Waals surface area contributed by atoms with Crippen LogP contribution in [0.4, 0.5) is 5.69 Å². The maximum atomic E-state index is 11.6. The lowest BCUT2D eigenvalue weighted by molar-refractivity contribution is -0.115. The Bertz CT molecular complexity index is 627. The van der Waals surface area contributed by atoms with Crippen LogP contribution in [0, 0.1) is 0 Å². The molecule has 4 nitrogen and oxygen atoms in total. The Labute approximate surface area is 121 Å². The number of nitrogens with one attached hydrogen (secondary N) is 2. The summed E-state index contributed by atoms with van der Waals surface area (Å²) in [6, 6.07) is 3.98. The van der Waals surface area contributed by atoms with Crippen LogP contribution >= 0.6 is 23.8 Å². The van der Waals surface area contributed by atoms with Crippen LogP contribution in [0.1, 0.15) is 11.1 Å². The molecule has 1 amide bonds. The van der Waals surface area contributed by atoms with Gasteiger partial charge >= 0.3 is 0 Å². The summed E-state index contributed by atoms with van der Waals surface area (Å²) < 4.78 is 0. The van der Waals surface area contributed by atoms with Gasteiger partial charge in [0.1, 0.15) is 5.70 Å². The van der Waals surface area contributed by atoms with E-state index in [1.54, 1.807) is 6.08 Å². The number of nitrogens with zero attached hydrogens (tertiary/aromatic N) is 1. The molecule has 98 valence electrons. The molecule has 2 N–H and O–H groups in total. The Morgan fingerprint density at radius 2 is 2.21 bits per heavy atom. The lowest BCUT2D eigenvalue weighted by Crippen LogP contribution is -2.21. The Hall–Kier alpha value is -1.59. The fourth-order valence-corrected chi connectivity index (χ4v) is 2.75. The smallest absolute Gasteiger partial charge is 0.273 e. The highest BCUT2D eigenvalue weighted by molar-refractivity contribution is 7.80. The molecule has 0 atom stereocenters. The van der Waals surface area contributed by atoms with Crippen molar-refractivity contribution in [2.24, 2.45) is 0 Å². The van der Waals surface area contributed by atoms with E-state index < -0.39 is 0 Å². The topological polar surface area (TPSA) is 44.4 Å². The molecule has 0 bridgehead atoms. The van der Waals surface area contributed by atoms with Crippen LogP contribution in [0.25, 0.3) is 6.08 Å². The van der Waals surface area contributed by atoms with Gasteiger partial charge < -0.3 is 10.2 Å². The van der Waals surface area contributed by atoms with Crippen LogP contribution in [-0.2, 0) is 11.2 Å². The summed E-state index contributed by atoms with van der Waals surface area (Å²) in [6.07, 6.45) is 2.73. The molecule has 1 aromatic rings. The molecule has 19 heavy (non-hydrogen) atoms. The van der Waals surface area contributed by atoms with Gasteiger partial charge in [-0.3, -0.25) is 10.1 Å². The fourth-order valence-electron chi connectivity index (χ4n) is 2.34. The van der Waals surface area contributed by atoms with Crippen LogP contribution in [0.3, 0.4) is 0 Å². The number of likely N-dealkylation sites (N-methyl/N-ethyl adjacent to an activating group) is 1. The highest BCUT2D eigenvalue weighted by Gasteiger charge is 2.22. The minimum atomic E-state index is -0.223. The number of halogens is 1. The lowest BCUT2D eigenvalue weighted by Gasteiger charge is -2.12. The molecule has 6 heteroatoms. The third-order valence-corrected chi connectivity index (χ3v) is 3.88. The van der Waals surface area contributed by atoms with Gasteiger partial charge in [0.25, 0.3) is 5.91 Å². The number of thiocarbonyl (C=S) groups is 1. The second kappa shape index (κ2) is 4.51. The second-order valence-electron chi connectivity index (χ2n) is 4.64. The van der Waals surface area contributed by atoms with E-state index >= 15 is 0 Å².